The largest absolute Gasteiger partial charge is 0.466 e. The summed E-state index contributed by atoms with van der Waals surface area (Å²) in [5.41, 5.74) is 0.810. The van der Waals surface area contributed by atoms with Gasteiger partial charge in [-0.3, -0.25) is 9.59 Å². The molecule has 2 N–H and O–H groups in total. The number of morpholine rings is 1. The third-order valence-corrected chi connectivity index (χ3v) is 4.17. The number of hydrogen-bond donors (Lipinski definition) is 2. The van der Waals surface area contributed by atoms with Crippen LogP contribution in [-0.2, 0) is 19.1 Å². The molecular weight excluding hydrogens is 350 g/mol. The lowest BCUT2D eigenvalue weighted by Gasteiger charge is -2.27. The molecule has 2 rings (SSSR count). The molecule has 0 unspecified atom stereocenters. The molecule has 1 atom stereocenters. The summed E-state index contributed by atoms with van der Waals surface area (Å²) in [4.78, 5) is 37.8. The minimum absolute atomic E-state index is 0.00951. The number of urea groups is 1. The number of rotatable bonds is 8. The molecule has 1 aliphatic rings. The van der Waals surface area contributed by atoms with Crippen molar-refractivity contribution in [3.8, 4) is 0 Å². The second-order valence-electron chi connectivity index (χ2n) is 6.12. The second kappa shape index (κ2) is 11.2. The summed E-state index contributed by atoms with van der Waals surface area (Å²) in [5.74, 6) is -0.390. The predicted molar refractivity (Wildman–Crippen MR) is 99.0 cm³/mol. The summed E-state index contributed by atoms with van der Waals surface area (Å²) < 4.78 is 10.2. The maximum absolute atomic E-state index is 12.2. The molecule has 3 amide bonds. The fourth-order valence-corrected chi connectivity index (χ4v) is 2.79. The molecule has 8 nitrogen and oxygen atoms in total. The summed E-state index contributed by atoms with van der Waals surface area (Å²) >= 11 is 0. The van der Waals surface area contributed by atoms with Crippen molar-refractivity contribution in [2.45, 2.75) is 25.8 Å². The van der Waals surface area contributed by atoms with Crippen LogP contribution in [0.15, 0.2) is 30.3 Å². The first-order valence-corrected chi connectivity index (χ1v) is 9.20. The Kier molecular flexibility index (Phi) is 8.57. The molecule has 0 saturated carbocycles. The molecule has 148 valence electrons. The maximum atomic E-state index is 12.2. The summed E-state index contributed by atoms with van der Waals surface area (Å²) in [7, 11) is 0. The molecule has 0 spiro atoms. The Morgan fingerprint density at radius 2 is 1.89 bits per heavy atom. The van der Waals surface area contributed by atoms with Gasteiger partial charge in [0, 0.05) is 26.1 Å². The lowest BCUT2D eigenvalue weighted by Crippen LogP contribution is -2.43. The van der Waals surface area contributed by atoms with Gasteiger partial charge in [0.2, 0.25) is 5.91 Å². The molecule has 1 saturated heterocycles. The molecule has 0 bridgehead atoms. The van der Waals surface area contributed by atoms with Crippen molar-refractivity contribution in [1.82, 2.24) is 15.5 Å². The number of esters is 1. The lowest BCUT2D eigenvalue weighted by atomic mass is 10.0. The summed E-state index contributed by atoms with van der Waals surface area (Å²) in [6.45, 7) is 4.51. The molecule has 1 aromatic rings. The van der Waals surface area contributed by atoms with Crippen molar-refractivity contribution >= 4 is 17.9 Å². The van der Waals surface area contributed by atoms with Crippen molar-refractivity contribution in [2.24, 2.45) is 0 Å². The van der Waals surface area contributed by atoms with Gasteiger partial charge >= 0.3 is 12.0 Å². The van der Waals surface area contributed by atoms with Gasteiger partial charge in [0.1, 0.15) is 0 Å². The molecule has 1 aliphatic heterocycles. The number of nitrogens with one attached hydrogen (secondary N) is 2. The van der Waals surface area contributed by atoms with Gasteiger partial charge in [-0.1, -0.05) is 30.3 Å². The van der Waals surface area contributed by atoms with Crippen LogP contribution in [0.5, 0.6) is 0 Å². The van der Waals surface area contributed by atoms with E-state index in [2.05, 4.69) is 10.6 Å². The molecule has 1 aromatic carbocycles. The van der Waals surface area contributed by atoms with Crippen molar-refractivity contribution in [3.05, 3.63) is 35.9 Å². The minimum atomic E-state index is -0.500. The molecule has 1 fully saturated rings. The highest BCUT2D eigenvalue weighted by atomic mass is 16.5. The van der Waals surface area contributed by atoms with E-state index in [9.17, 15) is 14.4 Å². The molecule has 27 heavy (non-hydrogen) atoms. The number of amides is 3. The third-order valence-electron chi connectivity index (χ3n) is 4.17. The van der Waals surface area contributed by atoms with Crippen molar-refractivity contribution < 1.29 is 23.9 Å². The first-order valence-electron chi connectivity index (χ1n) is 9.20. The average Bonchev–Trinajstić information content (AvgIpc) is 2.69. The number of carbonyl (C=O) groups is 3. The Bertz CT molecular complexity index is 617. The van der Waals surface area contributed by atoms with Crippen molar-refractivity contribution in [1.29, 1.82) is 0 Å². The minimum Gasteiger partial charge on any atom is -0.466 e. The van der Waals surface area contributed by atoms with E-state index in [0.717, 1.165) is 5.56 Å². The van der Waals surface area contributed by atoms with E-state index in [0.29, 0.717) is 26.3 Å². The van der Waals surface area contributed by atoms with Crippen LogP contribution in [0.25, 0.3) is 0 Å². The summed E-state index contributed by atoms with van der Waals surface area (Å²) in [6, 6.07) is 8.30. The van der Waals surface area contributed by atoms with Crippen molar-refractivity contribution in [3.63, 3.8) is 0 Å². The van der Waals surface area contributed by atoms with Crippen LogP contribution in [0.4, 0.5) is 4.79 Å². The Hall–Kier alpha value is -2.61. The normalized spacial score (nSPS) is 14.9. The van der Waals surface area contributed by atoms with Gasteiger partial charge < -0.3 is 25.0 Å². The van der Waals surface area contributed by atoms with E-state index in [1.165, 1.54) is 0 Å². The first kappa shape index (κ1) is 20.7. The zero-order valence-corrected chi connectivity index (χ0v) is 15.6. The van der Waals surface area contributed by atoms with Gasteiger partial charge in [0.05, 0.1) is 32.3 Å². The molecule has 0 radical (unpaired) electrons. The molecule has 8 heteroatoms. The first-order chi connectivity index (χ1) is 13.1. The van der Waals surface area contributed by atoms with E-state index in [1.807, 2.05) is 30.3 Å². The Labute approximate surface area is 159 Å². The number of nitrogens with zero attached hydrogens (tertiary/aromatic N) is 1. The van der Waals surface area contributed by atoms with E-state index in [-0.39, 0.29) is 37.9 Å². The third kappa shape index (κ3) is 7.26. The molecule has 0 aliphatic carbocycles. The Morgan fingerprint density at radius 3 is 2.56 bits per heavy atom. The monoisotopic (exact) mass is 377 g/mol. The fourth-order valence-electron chi connectivity index (χ4n) is 2.79. The highest BCUT2D eigenvalue weighted by molar-refractivity contribution is 5.79. The van der Waals surface area contributed by atoms with Gasteiger partial charge in [0.25, 0.3) is 0 Å². The van der Waals surface area contributed by atoms with Crippen LogP contribution in [0, 0.1) is 0 Å². The maximum Gasteiger partial charge on any atom is 0.315 e. The topological polar surface area (TPSA) is 97.0 Å². The van der Waals surface area contributed by atoms with Gasteiger partial charge in [-0.15, -0.1) is 0 Å². The van der Waals surface area contributed by atoms with Crippen LogP contribution in [0.3, 0.4) is 0 Å². The van der Waals surface area contributed by atoms with E-state index in [4.69, 9.17) is 9.47 Å². The number of carbonyl (C=O) groups excluding carboxylic acids is 3. The highest BCUT2D eigenvalue weighted by Gasteiger charge is 2.20. The fraction of sp³-hybridized carbons (Fsp3) is 0.526. The Balaban J connectivity index is 1.81. The van der Waals surface area contributed by atoms with E-state index in [1.54, 1.807) is 11.8 Å². The summed E-state index contributed by atoms with van der Waals surface area (Å²) in [6.07, 6.45) is 0.263. The SMILES string of the molecule is CCOC(=O)C[C@@H](NC(=O)NCCC(=O)N1CCOCC1)c1ccccc1. The Morgan fingerprint density at radius 1 is 1.19 bits per heavy atom. The smallest absolute Gasteiger partial charge is 0.315 e. The lowest BCUT2D eigenvalue weighted by molar-refractivity contribution is -0.143. The van der Waals surface area contributed by atoms with E-state index >= 15 is 0 Å². The van der Waals surface area contributed by atoms with Gasteiger partial charge in [-0.2, -0.15) is 0 Å². The molecule has 1 heterocycles. The number of hydrogen-bond acceptors (Lipinski definition) is 5. The van der Waals surface area contributed by atoms with Crippen LogP contribution < -0.4 is 10.6 Å². The van der Waals surface area contributed by atoms with Gasteiger partial charge in [-0.25, -0.2) is 4.79 Å². The highest BCUT2D eigenvalue weighted by Crippen LogP contribution is 2.17. The van der Waals surface area contributed by atoms with Crippen LogP contribution in [0.1, 0.15) is 31.4 Å². The van der Waals surface area contributed by atoms with Crippen LogP contribution >= 0.6 is 0 Å². The van der Waals surface area contributed by atoms with Gasteiger partial charge in [0.15, 0.2) is 0 Å². The molecule has 0 aromatic heterocycles. The summed E-state index contributed by atoms with van der Waals surface area (Å²) in [5, 5.41) is 5.46. The zero-order valence-electron chi connectivity index (χ0n) is 15.6. The van der Waals surface area contributed by atoms with Crippen LogP contribution in [-0.4, -0.2) is 62.3 Å². The van der Waals surface area contributed by atoms with E-state index < -0.39 is 12.1 Å². The quantitative estimate of drug-likeness (QED) is 0.664. The van der Waals surface area contributed by atoms with Crippen molar-refractivity contribution in [2.75, 3.05) is 39.5 Å². The molecular formula is C19H27N3O5. The zero-order chi connectivity index (χ0) is 19.5. The van der Waals surface area contributed by atoms with Gasteiger partial charge in [-0.05, 0) is 12.5 Å². The number of ether oxygens (including phenoxy) is 2. The second-order valence-corrected chi connectivity index (χ2v) is 6.12. The standard InChI is InChI=1S/C19H27N3O5/c1-2-27-18(24)14-16(15-6-4-3-5-7-15)21-19(25)20-9-8-17(23)22-10-12-26-13-11-22/h3-7,16H,2,8-14H2,1H3,(H2,20,21,25)/t16-/m1/s1. The number of benzene rings is 1. The predicted octanol–water partition coefficient (Wildman–Crippen LogP) is 1.23. The van der Waals surface area contributed by atoms with Crippen LogP contribution in [0.2, 0.25) is 0 Å². The average molecular weight is 377 g/mol.